The second-order valence-corrected chi connectivity index (χ2v) is 6.86. The van der Waals surface area contributed by atoms with Crippen molar-refractivity contribution in [3.05, 3.63) is 18.0 Å². The molecule has 0 radical (unpaired) electrons. The minimum absolute atomic E-state index is 0.400. The summed E-state index contributed by atoms with van der Waals surface area (Å²) in [5.41, 5.74) is 1.61. The molecule has 1 aromatic heterocycles. The molecule has 0 bridgehead atoms. The van der Waals surface area contributed by atoms with E-state index in [0.29, 0.717) is 11.6 Å². The van der Waals surface area contributed by atoms with E-state index >= 15 is 0 Å². The summed E-state index contributed by atoms with van der Waals surface area (Å²) in [5, 5.41) is 8.50. The minimum Gasteiger partial charge on any atom is -0.309 e. The van der Waals surface area contributed by atoms with Crippen molar-refractivity contribution in [2.75, 3.05) is 19.6 Å². The highest BCUT2D eigenvalue weighted by Crippen LogP contribution is 2.30. The lowest BCUT2D eigenvalue weighted by Crippen LogP contribution is -2.60. The first kappa shape index (κ1) is 14.1. The predicted molar refractivity (Wildman–Crippen MR) is 81.7 cm³/mol. The standard InChI is InChI=1S/C16H28N4/c1-14(2)20-10-6-15(18-20)12-19-11-9-17-16(13-19)7-4-3-5-8-16/h6,10,14,17H,3-5,7-9,11-13H2,1-2H3. The number of hydrogen-bond acceptors (Lipinski definition) is 3. The molecule has 112 valence electrons. The van der Waals surface area contributed by atoms with Gasteiger partial charge < -0.3 is 5.32 Å². The van der Waals surface area contributed by atoms with Crippen molar-refractivity contribution in [2.45, 2.75) is 64.1 Å². The summed E-state index contributed by atoms with van der Waals surface area (Å²) in [6, 6.07) is 2.63. The van der Waals surface area contributed by atoms with E-state index in [1.807, 2.05) is 0 Å². The van der Waals surface area contributed by atoms with Gasteiger partial charge >= 0.3 is 0 Å². The van der Waals surface area contributed by atoms with E-state index < -0.39 is 0 Å². The van der Waals surface area contributed by atoms with E-state index in [2.05, 4.69) is 41.0 Å². The summed E-state index contributed by atoms with van der Waals surface area (Å²) in [7, 11) is 0. The fourth-order valence-corrected chi connectivity index (χ4v) is 3.72. The molecule has 20 heavy (non-hydrogen) atoms. The average molecular weight is 276 g/mol. The fourth-order valence-electron chi connectivity index (χ4n) is 3.72. The van der Waals surface area contributed by atoms with E-state index in [4.69, 9.17) is 5.10 Å². The Labute approximate surface area is 122 Å². The fraction of sp³-hybridized carbons (Fsp3) is 0.812. The van der Waals surface area contributed by atoms with Crippen LogP contribution in [0.4, 0.5) is 0 Å². The zero-order valence-electron chi connectivity index (χ0n) is 12.9. The van der Waals surface area contributed by atoms with Crippen LogP contribution >= 0.6 is 0 Å². The number of nitrogens with one attached hydrogen (secondary N) is 1. The number of rotatable bonds is 3. The van der Waals surface area contributed by atoms with Crippen molar-refractivity contribution >= 4 is 0 Å². The van der Waals surface area contributed by atoms with E-state index in [9.17, 15) is 0 Å². The summed E-state index contributed by atoms with van der Waals surface area (Å²) in [4.78, 5) is 2.59. The zero-order chi connectivity index (χ0) is 14.0. The molecule has 1 aromatic rings. The maximum Gasteiger partial charge on any atom is 0.0764 e. The Morgan fingerprint density at radius 3 is 2.80 bits per heavy atom. The predicted octanol–water partition coefficient (Wildman–Crippen LogP) is 2.57. The molecule has 1 aliphatic heterocycles. The lowest BCUT2D eigenvalue weighted by molar-refractivity contribution is 0.0934. The first-order chi connectivity index (χ1) is 9.67. The Kier molecular flexibility index (Phi) is 4.13. The van der Waals surface area contributed by atoms with E-state index in [-0.39, 0.29) is 0 Å². The third-order valence-electron chi connectivity index (χ3n) is 4.84. The zero-order valence-corrected chi connectivity index (χ0v) is 12.9. The molecule has 0 amide bonds. The summed E-state index contributed by atoms with van der Waals surface area (Å²) >= 11 is 0. The van der Waals surface area contributed by atoms with Gasteiger partial charge in [-0.2, -0.15) is 5.10 Å². The quantitative estimate of drug-likeness (QED) is 0.921. The van der Waals surface area contributed by atoms with Crippen LogP contribution in [-0.4, -0.2) is 39.9 Å². The molecule has 0 atom stereocenters. The van der Waals surface area contributed by atoms with Crippen LogP contribution < -0.4 is 5.32 Å². The van der Waals surface area contributed by atoms with Crippen LogP contribution in [0.15, 0.2) is 12.3 Å². The summed E-state index contributed by atoms with van der Waals surface area (Å²) in [5.74, 6) is 0. The third kappa shape index (κ3) is 3.07. The van der Waals surface area contributed by atoms with Gasteiger partial charge in [0, 0.05) is 44.0 Å². The van der Waals surface area contributed by atoms with E-state index in [1.165, 1.54) is 44.3 Å². The molecule has 1 N–H and O–H groups in total. The molecule has 3 rings (SSSR count). The normalized spacial score (nSPS) is 23.6. The smallest absolute Gasteiger partial charge is 0.0764 e. The maximum absolute atomic E-state index is 4.69. The lowest BCUT2D eigenvalue weighted by Gasteiger charge is -2.46. The summed E-state index contributed by atoms with van der Waals surface area (Å²) < 4.78 is 2.06. The highest BCUT2D eigenvalue weighted by atomic mass is 15.3. The van der Waals surface area contributed by atoms with Crippen LogP contribution in [0.1, 0.15) is 57.7 Å². The van der Waals surface area contributed by atoms with Gasteiger partial charge in [0.1, 0.15) is 0 Å². The highest BCUT2D eigenvalue weighted by molar-refractivity contribution is 5.02. The molecule has 2 heterocycles. The Morgan fingerprint density at radius 1 is 1.30 bits per heavy atom. The third-order valence-corrected chi connectivity index (χ3v) is 4.84. The van der Waals surface area contributed by atoms with Crippen molar-refractivity contribution in [3.8, 4) is 0 Å². The number of piperazine rings is 1. The van der Waals surface area contributed by atoms with Crippen LogP contribution in [0.5, 0.6) is 0 Å². The first-order valence-electron chi connectivity index (χ1n) is 8.18. The van der Waals surface area contributed by atoms with E-state index in [0.717, 1.165) is 19.6 Å². The molecular weight excluding hydrogens is 248 g/mol. The van der Waals surface area contributed by atoms with Crippen LogP contribution in [-0.2, 0) is 6.54 Å². The molecule has 2 fully saturated rings. The molecule has 1 saturated heterocycles. The molecule has 1 aliphatic carbocycles. The van der Waals surface area contributed by atoms with Gasteiger partial charge in [-0.1, -0.05) is 19.3 Å². The number of hydrogen-bond donors (Lipinski definition) is 1. The van der Waals surface area contributed by atoms with Crippen LogP contribution in [0.3, 0.4) is 0 Å². The molecule has 2 aliphatic rings. The van der Waals surface area contributed by atoms with Crippen molar-refractivity contribution in [2.24, 2.45) is 0 Å². The Hall–Kier alpha value is -0.870. The van der Waals surface area contributed by atoms with Crippen LogP contribution in [0.25, 0.3) is 0 Å². The molecule has 1 spiro atoms. The van der Waals surface area contributed by atoms with Crippen molar-refractivity contribution in [3.63, 3.8) is 0 Å². The first-order valence-corrected chi connectivity index (χ1v) is 8.18. The van der Waals surface area contributed by atoms with Gasteiger partial charge in [-0.25, -0.2) is 0 Å². The molecule has 0 aromatic carbocycles. The van der Waals surface area contributed by atoms with Crippen LogP contribution in [0, 0.1) is 0 Å². The number of nitrogens with zero attached hydrogens (tertiary/aromatic N) is 3. The molecule has 4 heteroatoms. The lowest BCUT2D eigenvalue weighted by atomic mass is 9.80. The monoisotopic (exact) mass is 276 g/mol. The Bertz CT molecular complexity index is 426. The molecular formula is C16H28N4. The SMILES string of the molecule is CC(C)n1ccc(CN2CCNC3(CCCCC3)C2)n1. The van der Waals surface area contributed by atoms with E-state index in [1.54, 1.807) is 0 Å². The Balaban J connectivity index is 1.61. The van der Waals surface area contributed by atoms with Crippen molar-refractivity contribution < 1.29 is 0 Å². The topological polar surface area (TPSA) is 33.1 Å². The van der Waals surface area contributed by atoms with Gasteiger partial charge in [-0.3, -0.25) is 9.58 Å². The Morgan fingerprint density at radius 2 is 2.10 bits per heavy atom. The second kappa shape index (κ2) is 5.86. The van der Waals surface area contributed by atoms with Gasteiger partial charge in [0.2, 0.25) is 0 Å². The molecule has 1 saturated carbocycles. The minimum atomic E-state index is 0.400. The van der Waals surface area contributed by atoms with Crippen LogP contribution in [0.2, 0.25) is 0 Å². The summed E-state index contributed by atoms with van der Waals surface area (Å²) in [6.07, 6.45) is 9.01. The van der Waals surface area contributed by atoms with Gasteiger partial charge in [-0.15, -0.1) is 0 Å². The van der Waals surface area contributed by atoms with Gasteiger partial charge in [0.15, 0.2) is 0 Å². The van der Waals surface area contributed by atoms with Gasteiger partial charge in [0.05, 0.1) is 5.69 Å². The van der Waals surface area contributed by atoms with Gasteiger partial charge in [-0.05, 0) is 32.8 Å². The van der Waals surface area contributed by atoms with Crippen molar-refractivity contribution in [1.82, 2.24) is 20.0 Å². The average Bonchev–Trinajstić information content (AvgIpc) is 2.88. The summed E-state index contributed by atoms with van der Waals surface area (Å²) in [6.45, 7) is 8.84. The largest absolute Gasteiger partial charge is 0.309 e. The number of aromatic nitrogens is 2. The second-order valence-electron chi connectivity index (χ2n) is 6.86. The molecule has 4 nitrogen and oxygen atoms in total. The maximum atomic E-state index is 4.69. The van der Waals surface area contributed by atoms with Gasteiger partial charge in [0.25, 0.3) is 0 Å². The molecule has 0 unspecified atom stereocenters. The highest BCUT2D eigenvalue weighted by Gasteiger charge is 2.36. The van der Waals surface area contributed by atoms with Crippen molar-refractivity contribution in [1.29, 1.82) is 0 Å².